The van der Waals surface area contributed by atoms with Crippen molar-refractivity contribution in [2.24, 2.45) is 0 Å². The van der Waals surface area contributed by atoms with Crippen molar-refractivity contribution in [3.63, 3.8) is 0 Å². The van der Waals surface area contributed by atoms with E-state index in [1.165, 1.54) is 6.07 Å². The molecular formula is C14H11F2NO3. The van der Waals surface area contributed by atoms with Gasteiger partial charge in [0.05, 0.1) is 17.5 Å². The fraction of sp³-hybridized carbons (Fsp3) is 0.214. The van der Waals surface area contributed by atoms with Crippen LogP contribution in [0.3, 0.4) is 0 Å². The monoisotopic (exact) mass is 279 g/mol. The maximum Gasteiger partial charge on any atom is 0.586 e. The molecule has 6 heteroatoms. The highest BCUT2D eigenvalue weighted by Crippen LogP contribution is 2.46. The van der Waals surface area contributed by atoms with Gasteiger partial charge < -0.3 is 14.6 Å². The summed E-state index contributed by atoms with van der Waals surface area (Å²) in [6.07, 6.45) is -4.41. The zero-order chi connectivity index (χ0) is 14.3. The number of alkyl halides is 2. The molecule has 3 rings (SSSR count). The Morgan fingerprint density at radius 1 is 1.15 bits per heavy atom. The summed E-state index contributed by atoms with van der Waals surface area (Å²) in [6, 6.07) is 9.59. The second-order valence-corrected chi connectivity index (χ2v) is 4.42. The second kappa shape index (κ2) is 4.42. The van der Waals surface area contributed by atoms with Crippen molar-refractivity contribution in [2.75, 3.05) is 0 Å². The van der Waals surface area contributed by atoms with Crippen LogP contribution in [0, 0.1) is 0 Å². The SMILES string of the molecule is CC(O)c1cccc(-c2cccc3c2OC(F)(F)O3)n1. The minimum atomic E-state index is -3.67. The van der Waals surface area contributed by atoms with Crippen molar-refractivity contribution in [3.8, 4) is 22.8 Å². The Morgan fingerprint density at radius 3 is 2.65 bits per heavy atom. The molecule has 0 saturated heterocycles. The number of para-hydroxylation sites is 1. The normalized spacial score (nSPS) is 17.0. The zero-order valence-corrected chi connectivity index (χ0v) is 10.5. The number of halogens is 2. The smallest absolute Gasteiger partial charge is 0.395 e. The van der Waals surface area contributed by atoms with Gasteiger partial charge in [-0.1, -0.05) is 12.1 Å². The van der Waals surface area contributed by atoms with Gasteiger partial charge in [-0.15, -0.1) is 8.78 Å². The van der Waals surface area contributed by atoms with Crippen molar-refractivity contribution in [1.29, 1.82) is 0 Å². The van der Waals surface area contributed by atoms with E-state index in [1.807, 2.05) is 0 Å². The third-order valence-corrected chi connectivity index (χ3v) is 2.90. The van der Waals surface area contributed by atoms with Crippen LogP contribution < -0.4 is 9.47 Å². The quantitative estimate of drug-likeness (QED) is 0.917. The zero-order valence-electron chi connectivity index (χ0n) is 10.5. The van der Waals surface area contributed by atoms with Crippen LogP contribution in [-0.2, 0) is 0 Å². The van der Waals surface area contributed by atoms with Crippen LogP contribution in [0.25, 0.3) is 11.3 Å². The molecule has 1 atom stereocenters. The van der Waals surface area contributed by atoms with E-state index in [-0.39, 0.29) is 11.5 Å². The summed E-state index contributed by atoms with van der Waals surface area (Å²) in [7, 11) is 0. The number of hydrogen-bond acceptors (Lipinski definition) is 4. The van der Waals surface area contributed by atoms with Gasteiger partial charge in [-0.3, -0.25) is 0 Å². The van der Waals surface area contributed by atoms with E-state index >= 15 is 0 Å². The number of ether oxygens (including phenoxy) is 2. The summed E-state index contributed by atoms with van der Waals surface area (Å²) in [4.78, 5) is 4.24. The van der Waals surface area contributed by atoms with Crippen LogP contribution in [-0.4, -0.2) is 16.4 Å². The molecule has 1 aromatic carbocycles. The summed E-state index contributed by atoms with van der Waals surface area (Å²) in [5.74, 6) is -0.0792. The molecule has 0 radical (unpaired) electrons. The van der Waals surface area contributed by atoms with Crippen molar-refractivity contribution < 1.29 is 23.4 Å². The van der Waals surface area contributed by atoms with Crippen molar-refractivity contribution in [2.45, 2.75) is 19.3 Å². The Labute approximate surface area is 113 Å². The fourth-order valence-electron chi connectivity index (χ4n) is 2.00. The van der Waals surface area contributed by atoms with E-state index in [1.54, 1.807) is 37.3 Å². The summed E-state index contributed by atoms with van der Waals surface area (Å²) in [6.45, 7) is 1.58. The third-order valence-electron chi connectivity index (χ3n) is 2.90. The van der Waals surface area contributed by atoms with Gasteiger partial charge >= 0.3 is 6.29 Å². The van der Waals surface area contributed by atoms with Crippen molar-refractivity contribution in [1.82, 2.24) is 4.98 Å². The summed E-state index contributed by atoms with van der Waals surface area (Å²) >= 11 is 0. The average molecular weight is 279 g/mol. The van der Waals surface area contributed by atoms with Gasteiger partial charge in [0.1, 0.15) is 0 Å². The molecule has 0 spiro atoms. The predicted molar refractivity (Wildman–Crippen MR) is 66.5 cm³/mol. The number of nitrogens with zero attached hydrogens (tertiary/aromatic N) is 1. The maximum atomic E-state index is 13.1. The Morgan fingerprint density at radius 2 is 1.90 bits per heavy atom. The van der Waals surface area contributed by atoms with E-state index in [4.69, 9.17) is 0 Å². The van der Waals surface area contributed by atoms with Crippen LogP contribution in [0.4, 0.5) is 8.78 Å². The molecule has 4 nitrogen and oxygen atoms in total. The first-order valence-electron chi connectivity index (χ1n) is 6.00. The molecule has 0 saturated carbocycles. The Kier molecular flexibility index (Phi) is 2.83. The van der Waals surface area contributed by atoms with Crippen LogP contribution in [0.1, 0.15) is 18.7 Å². The molecule has 1 N–H and O–H groups in total. The molecular weight excluding hydrogens is 268 g/mol. The van der Waals surface area contributed by atoms with Crippen molar-refractivity contribution in [3.05, 3.63) is 42.1 Å². The fourth-order valence-corrected chi connectivity index (χ4v) is 2.00. The molecule has 0 aliphatic carbocycles. The van der Waals surface area contributed by atoms with Gasteiger partial charge in [-0.25, -0.2) is 4.98 Å². The van der Waals surface area contributed by atoms with E-state index in [0.717, 1.165) is 0 Å². The Balaban J connectivity index is 2.09. The summed E-state index contributed by atoms with van der Waals surface area (Å²) < 4.78 is 35.2. The highest BCUT2D eigenvalue weighted by Gasteiger charge is 2.44. The van der Waals surface area contributed by atoms with Gasteiger partial charge in [0.2, 0.25) is 0 Å². The first-order chi connectivity index (χ1) is 9.46. The first kappa shape index (κ1) is 12.8. The molecule has 0 bridgehead atoms. The molecule has 104 valence electrons. The summed E-state index contributed by atoms with van der Waals surface area (Å²) in [5.41, 5.74) is 1.27. The van der Waals surface area contributed by atoms with Crippen LogP contribution >= 0.6 is 0 Å². The molecule has 20 heavy (non-hydrogen) atoms. The standard InChI is InChI=1S/C14H11F2NO3/c1-8(18)10-5-3-6-11(17-10)9-4-2-7-12-13(9)20-14(15,16)19-12/h2-8,18H,1H3. The van der Waals surface area contributed by atoms with E-state index in [0.29, 0.717) is 17.0 Å². The van der Waals surface area contributed by atoms with Crippen LogP contribution in [0.2, 0.25) is 0 Å². The van der Waals surface area contributed by atoms with Crippen LogP contribution in [0.15, 0.2) is 36.4 Å². The molecule has 0 fully saturated rings. The summed E-state index contributed by atoms with van der Waals surface area (Å²) in [5, 5.41) is 9.53. The maximum absolute atomic E-state index is 13.1. The minimum Gasteiger partial charge on any atom is -0.395 e. The van der Waals surface area contributed by atoms with Crippen molar-refractivity contribution >= 4 is 0 Å². The number of fused-ring (bicyclic) bond motifs is 1. The highest BCUT2D eigenvalue weighted by molar-refractivity contribution is 5.72. The number of benzene rings is 1. The molecule has 1 aliphatic heterocycles. The average Bonchev–Trinajstić information content (AvgIpc) is 2.72. The van der Waals surface area contributed by atoms with Gasteiger partial charge in [0.15, 0.2) is 11.5 Å². The van der Waals surface area contributed by atoms with Gasteiger partial charge in [0, 0.05) is 5.56 Å². The van der Waals surface area contributed by atoms with E-state index in [9.17, 15) is 13.9 Å². The third kappa shape index (κ3) is 2.18. The van der Waals surface area contributed by atoms with Gasteiger partial charge in [-0.05, 0) is 31.2 Å². The molecule has 1 unspecified atom stereocenters. The molecule has 2 aromatic rings. The minimum absolute atomic E-state index is 0.0308. The highest BCUT2D eigenvalue weighted by atomic mass is 19.3. The number of pyridine rings is 1. The van der Waals surface area contributed by atoms with Gasteiger partial charge in [-0.2, -0.15) is 0 Å². The number of hydrogen-bond donors (Lipinski definition) is 1. The predicted octanol–water partition coefficient (Wildman–Crippen LogP) is 3.12. The number of rotatable bonds is 2. The van der Waals surface area contributed by atoms with E-state index in [2.05, 4.69) is 14.5 Å². The van der Waals surface area contributed by atoms with Crippen LogP contribution in [0.5, 0.6) is 11.5 Å². The lowest BCUT2D eigenvalue weighted by Crippen LogP contribution is -2.26. The topological polar surface area (TPSA) is 51.6 Å². The Bertz CT molecular complexity index is 659. The van der Waals surface area contributed by atoms with E-state index < -0.39 is 12.4 Å². The number of aliphatic hydroxyl groups excluding tert-OH is 1. The molecule has 1 aliphatic rings. The Hall–Kier alpha value is -2.21. The lowest BCUT2D eigenvalue weighted by molar-refractivity contribution is -0.286. The largest absolute Gasteiger partial charge is 0.586 e. The molecule has 1 aromatic heterocycles. The lowest BCUT2D eigenvalue weighted by Gasteiger charge is -2.09. The number of aromatic nitrogens is 1. The molecule has 2 heterocycles. The lowest BCUT2D eigenvalue weighted by atomic mass is 10.1. The number of aliphatic hydroxyl groups is 1. The molecule has 0 amide bonds. The second-order valence-electron chi connectivity index (χ2n) is 4.42. The first-order valence-corrected chi connectivity index (χ1v) is 6.00. The van der Waals surface area contributed by atoms with Gasteiger partial charge in [0.25, 0.3) is 0 Å².